The van der Waals surface area contributed by atoms with E-state index in [4.69, 9.17) is 4.74 Å². The Kier molecular flexibility index (Phi) is 3.14. The molecule has 0 atom stereocenters. The van der Waals surface area contributed by atoms with Crippen molar-refractivity contribution < 1.29 is 14.5 Å². The molecule has 0 bridgehead atoms. The highest BCUT2D eigenvalue weighted by atomic mass is 16.8. The van der Waals surface area contributed by atoms with E-state index >= 15 is 0 Å². The lowest BCUT2D eigenvalue weighted by molar-refractivity contribution is -0.729. The maximum Gasteiger partial charge on any atom is 0.240 e. The Balaban J connectivity index is 2.80. The summed E-state index contributed by atoms with van der Waals surface area (Å²) in [6.45, 7) is 0. The quantitative estimate of drug-likeness (QED) is 0.399. The molecule has 0 amide bonds. The van der Waals surface area contributed by atoms with Gasteiger partial charge in [-0.2, -0.15) is 0 Å². The van der Waals surface area contributed by atoms with E-state index in [-0.39, 0.29) is 0 Å². The predicted molar refractivity (Wildman–Crippen MR) is 48.8 cm³/mol. The molecule has 0 spiro atoms. The fraction of sp³-hybridized carbons (Fsp3) is 0.222. The van der Waals surface area contributed by atoms with Crippen molar-refractivity contribution in [3.63, 3.8) is 0 Å². The molecule has 70 valence electrons. The smallest absolute Gasteiger partial charge is 0.240 e. The summed E-state index contributed by atoms with van der Waals surface area (Å²) in [7, 11) is 2.90. The van der Waals surface area contributed by atoms with E-state index in [1.165, 1.54) is 13.3 Å². The Morgan fingerprint density at radius 2 is 1.85 bits per heavy atom. The van der Waals surface area contributed by atoms with Gasteiger partial charge in [0, 0.05) is 17.6 Å². The second-order valence-electron chi connectivity index (χ2n) is 2.37. The van der Waals surface area contributed by atoms with Crippen molar-refractivity contribution in [2.24, 2.45) is 0 Å². The minimum absolute atomic E-state index is 0.391. The molecule has 13 heavy (non-hydrogen) atoms. The van der Waals surface area contributed by atoms with Crippen molar-refractivity contribution in [1.82, 2.24) is 0 Å². The van der Waals surface area contributed by atoms with E-state index in [9.17, 15) is 5.21 Å². The summed E-state index contributed by atoms with van der Waals surface area (Å²) in [5.74, 6) is 0.756. The van der Waals surface area contributed by atoms with Crippen LogP contribution in [0.3, 0.4) is 0 Å². The molecule has 0 unspecified atom stereocenters. The number of ether oxygens (including phenoxy) is 1. The maximum absolute atomic E-state index is 10.7. The number of hydrogen-bond donors (Lipinski definition) is 0. The van der Waals surface area contributed by atoms with Gasteiger partial charge in [-0.15, -0.1) is 0 Å². The Morgan fingerprint density at radius 3 is 2.31 bits per heavy atom. The molecule has 1 rings (SSSR count). The monoisotopic (exact) mass is 181 g/mol. The Morgan fingerprint density at radius 1 is 1.23 bits per heavy atom. The first kappa shape index (κ1) is 9.38. The molecule has 0 saturated heterocycles. The van der Waals surface area contributed by atoms with Crippen LogP contribution < -0.4 is 4.74 Å². The molecule has 0 aliphatic carbocycles. The van der Waals surface area contributed by atoms with Gasteiger partial charge in [-0.1, -0.05) is 0 Å². The fourth-order valence-electron chi connectivity index (χ4n) is 0.864. The molecule has 0 aromatic heterocycles. The van der Waals surface area contributed by atoms with Crippen LogP contribution in [0.4, 0.5) is 0 Å². The molecule has 0 aliphatic heterocycles. The normalized spacial score (nSPS) is 11.1. The minimum Gasteiger partial charge on any atom is -0.497 e. The number of methoxy groups -OCH3 is 1. The maximum atomic E-state index is 10.7. The van der Waals surface area contributed by atoms with Crippen LogP contribution in [-0.4, -0.2) is 25.3 Å². The van der Waals surface area contributed by atoms with Crippen LogP contribution in [0.2, 0.25) is 0 Å². The van der Waals surface area contributed by atoms with Crippen molar-refractivity contribution in [3.05, 3.63) is 35.0 Å². The first-order chi connectivity index (χ1) is 6.26. The number of hydrogen-bond acceptors (Lipinski definition) is 3. The molecule has 1 aromatic carbocycles. The molecule has 1 aromatic rings. The summed E-state index contributed by atoms with van der Waals surface area (Å²) in [6.07, 6.45) is 1.33. The molecular weight excluding hydrogens is 170 g/mol. The van der Waals surface area contributed by atoms with Crippen molar-refractivity contribution in [2.45, 2.75) is 0 Å². The van der Waals surface area contributed by atoms with Crippen LogP contribution in [-0.2, 0) is 4.84 Å². The van der Waals surface area contributed by atoms with Crippen LogP contribution in [0.25, 0.3) is 0 Å². The van der Waals surface area contributed by atoms with Crippen molar-refractivity contribution in [2.75, 3.05) is 14.2 Å². The minimum atomic E-state index is 0.391. The van der Waals surface area contributed by atoms with Gasteiger partial charge in [-0.05, 0) is 24.3 Å². The topological polar surface area (TPSA) is 44.5 Å². The first-order valence-corrected chi connectivity index (χ1v) is 3.75. The number of benzene rings is 1. The van der Waals surface area contributed by atoms with Gasteiger partial charge in [-0.3, -0.25) is 5.21 Å². The third-order valence-corrected chi connectivity index (χ3v) is 1.55. The predicted octanol–water partition coefficient (Wildman–Crippen LogP) is 1.19. The van der Waals surface area contributed by atoms with E-state index < -0.39 is 0 Å². The largest absolute Gasteiger partial charge is 0.497 e. The average molecular weight is 181 g/mol. The molecule has 4 heteroatoms. The molecule has 0 fully saturated rings. The Bertz CT molecular complexity index is 292. The molecule has 0 aliphatic rings. The van der Waals surface area contributed by atoms with Gasteiger partial charge < -0.3 is 9.57 Å². The number of nitrogens with zero attached hydrogens (tertiary/aromatic N) is 1. The first-order valence-electron chi connectivity index (χ1n) is 3.75. The SMILES string of the molecule is COc1ccc(/C=[N+](\[O-])OC)cc1. The van der Waals surface area contributed by atoms with Crippen LogP contribution >= 0.6 is 0 Å². The lowest BCUT2D eigenvalue weighted by Crippen LogP contribution is -2.02. The fourth-order valence-corrected chi connectivity index (χ4v) is 0.864. The summed E-state index contributed by atoms with van der Waals surface area (Å²) in [6, 6.07) is 7.08. The summed E-state index contributed by atoms with van der Waals surface area (Å²) in [5.41, 5.74) is 0.762. The Hall–Kier alpha value is -1.71. The lowest BCUT2D eigenvalue weighted by Gasteiger charge is -1.99. The highest BCUT2D eigenvalue weighted by molar-refractivity contribution is 5.75. The molecule has 0 N–H and O–H groups in total. The third kappa shape index (κ3) is 2.66. The van der Waals surface area contributed by atoms with Gasteiger partial charge in [0.15, 0.2) is 0 Å². The van der Waals surface area contributed by atoms with E-state index in [0.717, 1.165) is 11.3 Å². The second-order valence-corrected chi connectivity index (χ2v) is 2.37. The van der Waals surface area contributed by atoms with Gasteiger partial charge in [0.05, 0.1) is 7.11 Å². The summed E-state index contributed by atoms with van der Waals surface area (Å²) >= 11 is 0. The molecule has 4 nitrogen and oxygen atoms in total. The zero-order chi connectivity index (χ0) is 9.68. The molecule has 0 radical (unpaired) electrons. The highest BCUT2D eigenvalue weighted by Crippen LogP contribution is 2.09. The van der Waals surface area contributed by atoms with Crippen LogP contribution in [0.15, 0.2) is 24.3 Å². The molecule has 0 heterocycles. The van der Waals surface area contributed by atoms with E-state index in [1.54, 1.807) is 31.4 Å². The molecule has 0 saturated carbocycles. The van der Waals surface area contributed by atoms with E-state index in [0.29, 0.717) is 4.90 Å². The van der Waals surface area contributed by atoms with Gasteiger partial charge in [0.2, 0.25) is 6.21 Å². The molecular formula is C9H11NO3. The van der Waals surface area contributed by atoms with Crippen molar-refractivity contribution in [3.8, 4) is 5.75 Å². The number of rotatable bonds is 3. The van der Waals surface area contributed by atoms with Crippen molar-refractivity contribution >= 4 is 6.21 Å². The van der Waals surface area contributed by atoms with E-state index in [2.05, 4.69) is 4.84 Å². The van der Waals surface area contributed by atoms with Crippen LogP contribution in [0, 0.1) is 5.21 Å². The zero-order valence-corrected chi connectivity index (χ0v) is 7.56. The zero-order valence-electron chi connectivity index (χ0n) is 7.56. The second kappa shape index (κ2) is 4.35. The summed E-state index contributed by atoms with van der Waals surface area (Å²) in [5, 5.41) is 10.7. The lowest BCUT2D eigenvalue weighted by atomic mass is 10.2. The van der Waals surface area contributed by atoms with Crippen LogP contribution in [0.5, 0.6) is 5.75 Å². The highest BCUT2D eigenvalue weighted by Gasteiger charge is 1.95. The summed E-state index contributed by atoms with van der Waals surface area (Å²) < 4.78 is 4.96. The Labute approximate surface area is 76.6 Å². The van der Waals surface area contributed by atoms with Gasteiger partial charge in [0.1, 0.15) is 5.75 Å². The van der Waals surface area contributed by atoms with Gasteiger partial charge >= 0.3 is 0 Å². The van der Waals surface area contributed by atoms with Crippen molar-refractivity contribution in [1.29, 1.82) is 0 Å². The summed E-state index contributed by atoms with van der Waals surface area (Å²) in [4.78, 5) is 4.79. The van der Waals surface area contributed by atoms with Gasteiger partial charge in [0.25, 0.3) is 0 Å². The van der Waals surface area contributed by atoms with Gasteiger partial charge in [-0.25, -0.2) is 0 Å². The van der Waals surface area contributed by atoms with Crippen LogP contribution in [0.1, 0.15) is 5.56 Å². The van der Waals surface area contributed by atoms with E-state index in [1.807, 2.05) is 0 Å². The third-order valence-electron chi connectivity index (χ3n) is 1.55. The average Bonchev–Trinajstić information content (AvgIpc) is 2.19. The standard InChI is InChI=1S/C9H11NO3/c1-12-9-5-3-8(4-6-9)7-10(11)13-2/h3-7H,1-2H3/b10-7+.